The number of thiophene rings is 1. The third kappa shape index (κ3) is 2.30. The molecular weight excluding hydrogens is 266 g/mol. The summed E-state index contributed by atoms with van der Waals surface area (Å²) in [5, 5.41) is 6.99. The number of methoxy groups -OCH3 is 1. The Labute approximate surface area is 123 Å². The normalized spacial score (nSPS) is 12.5. The number of ether oxygens (including phenoxy) is 1. The van der Waals surface area contributed by atoms with Gasteiger partial charge in [0, 0.05) is 4.70 Å². The van der Waals surface area contributed by atoms with E-state index in [1.165, 1.54) is 21.2 Å². The van der Waals surface area contributed by atoms with Gasteiger partial charge in [0.1, 0.15) is 5.75 Å². The lowest BCUT2D eigenvalue weighted by molar-refractivity contribution is 0.414. The Kier molecular flexibility index (Phi) is 3.72. The lowest BCUT2D eigenvalue weighted by atomic mass is 9.98. The van der Waals surface area contributed by atoms with Gasteiger partial charge in [0.05, 0.1) is 13.2 Å². The van der Waals surface area contributed by atoms with Crippen molar-refractivity contribution >= 4 is 21.4 Å². The van der Waals surface area contributed by atoms with E-state index in [0.717, 1.165) is 5.75 Å². The maximum absolute atomic E-state index is 5.23. The van der Waals surface area contributed by atoms with E-state index in [-0.39, 0.29) is 6.04 Å². The van der Waals surface area contributed by atoms with Gasteiger partial charge < -0.3 is 10.1 Å². The smallest absolute Gasteiger partial charge is 0.118 e. The van der Waals surface area contributed by atoms with Crippen LogP contribution in [0.5, 0.6) is 5.75 Å². The van der Waals surface area contributed by atoms with E-state index >= 15 is 0 Å². The van der Waals surface area contributed by atoms with Crippen molar-refractivity contribution in [2.45, 2.75) is 6.04 Å². The molecule has 102 valence electrons. The highest BCUT2D eigenvalue weighted by Crippen LogP contribution is 2.33. The van der Waals surface area contributed by atoms with Crippen LogP contribution >= 0.6 is 11.3 Å². The summed E-state index contributed by atoms with van der Waals surface area (Å²) in [7, 11) is 3.69. The van der Waals surface area contributed by atoms with Gasteiger partial charge in [-0.1, -0.05) is 30.3 Å². The van der Waals surface area contributed by atoms with Gasteiger partial charge >= 0.3 is 0 Å². The van der Waals surface area contributed by atoms with Crippen LogP contribution in [0, 0.1) is 0 Å². The molecule has 2 nitrogen and oxygen atoms in total. The van der Waals surface area contributed by atoms with Crippen LogP contribution in [0.2, 0.25) is 0 Å². The van der Waals surface area contributed by atoms with Crippen LogP contribution in [-0.2, 0) is 0 Å². The highest BCUT2D eigenvalue weighted by Gasteiger charge is 2.16. The minimum absolute atomic E-state index is 0.206. The molecule has 0 spiro atoms. The van der Waals surface area contributed by atoms with Crippen molar-refractivity contribution in [2.75, 3.05) is 14.2 Å². The molecule has 0 radical (unpaired) electrons. The summed E-state index contributed by atoms with van der Waals surface area (Å²) in [6.45, 7) is 0. The molecule has 0 aliphatic rings. The topological polar surface area (TPSA) is 21.3 Å². The molecule has 1 N–H and O–H groups in total. The van der Waals surface area contributed by atoms with Gasteiger partial charge in [-0.15, -0.1) is 11.3 Å². The fraction of sp³-hybridized carbons (Fsp3) is 0.176. The standard InChI is InChI=1S/C17H17NOS/c1-18-17(12-7-9-13(19-2)10-8-12)15-11-20-16-6-4-3-5-14(15)16/h3-11,17-18H,1-2H3. The minimum atomic E-state index is 0.206. The quantitative estimate of drug-likeness (QED) is 0.774. The summed E-state index contributed by atoms with van der Waals surface area (Å²) >= 11 is 1.80. The zero-order chi connectivity index (χ0) is 13.9. The zero-order valence-electron chi connectivity index (χ0n) is 11.6. The lowest BCUT2D eigenvalue weighted by Gasteiger charge is -2.17. The lowest BCUT2D eigenvalue weighted by Crippen LogP contribution is -2.17. The number of fused-ring (bicyclic) bond motifs is 1. The highest BCUT2D eigenvalue weighted by molar-refractivity contribution is 7.17. The molecule has 1 aromatic heterocycles. The summed E-state index contributed by atoms with van der Waals surface area (Å²) in [6.07, 6.45) is 0. The third-order valence-corrected chi connectivity index (χ3v) is 4.54. The van der Waals surface area contributed by atoms with Gasteiger partial charge in [-0.2, -0.15) is 0 Å². The van der Waals surface area contributed by atoms with Crippen LogP contribution in [0.4, 0.5) is 0 Å². The van der Waals surface area contributed by atoms with Crippen LogP contribution in [0.25, 0.3) is 10.1 Å². The van der Waals surface area contributed by atoms with Crippen molar-refractivity contribution < 1.29 is 4.74 Å². The fourth-order valence-corrected chi connectivity index (χ4v) is 3.51. The van der Waals surface area contributed by atoms with E-state index in [1.54, 1.807) is 18.4 Å². The average Bonchev–Trinajstić information content (AvgIpc) is 2.93. The van der Waals surface area contributed by atoms with Crippen molar-refractivity contribution in [3.63, 3.8) is 0 Å². The van der Waals surface area contributed by atoms with E-state index in [2.05, 4.69) is 47.1 Å². The Morgan fingerprint density at radius 2 is 1.80 bits per heavy atom. The predicted molar refractivity (Wildman–Crippen MR) is 85.7 cm³/mol. The number of benzene rings is 2. The average molecular weight is 283 g/mol. The summed E-state index contributed by atoms with van der Waals surface area (Å²) in [5.74, 6) is 0.888. The Hall–Kier alpha value is -1.84. The maximum atomic E-state index is 5.23. The van der Waals surface area contributed by atoms with E-state index in [0.29, 0.717) is 0 Å². The maximum Gasteiger partial charge on any atom is 0.118 e. The molecule has 1 unspecified atom stereocenters. The molecule has 3 heteroatoms. The fourth-order valence-electron chi connectivity index (χ4n) is 2.52. The molecule has 0 saturated heterocycles. The number of rotatable bonds is 4. The van der Waals surface area contributed by atoms with Gasteiger partial charge in [0.2, 0.25) is 0 Å². The molecule has 3 rings (SSSR count). The zero-order valence-corrected chi connectivity index (χ0v) is 12.4. The molecule has 0 bridgehead atoms. The SMILES string of the molecule is CNC(c1ccc(OC)cc1)c1csc2ccccc12. The van der Waals surface area contributed by atoms with E-state index in [1.807, 2.05) is 19.2 Å². The van der Waals surface area contributed by atoms with Gasteiger partial charge in [-0.25, -0.2) is 0 Å². The van der Waals surface area contributed by atoms with Crippen molar-refractivity contribution in [3.8, 4) is 5.75 Å². The van der Waals surface area contributed by atoms with E-state index < -0.39 is 0 Å². The van der Waals surface area contributed by atoms with Crippen LogP contribution in [0.1, 0.15) is 17.2 Å². The third-order valence-electron chi connectivity index (χ3n) is 3.56. The molecule has 1 atom stereocenters. The Morgan fingerprint density at radius 3 is 2.50 bits per heavy atom. The van der Waals surface area contributed by atoms with Crippen LogP contribution in [0.3, 0.4) is 0 Å². The molecule has 0 aliphatic carbocycles. The van der Waals surface area contributed by atoms with Crippen molar-refractivity contribution in [1.29, 1.82) is 0 Å². The second-order valence-electron chi connectivity index (χ2n) is 4.68. The van der Waals surface area contributed by atoms with Gasteiger partial charge in [-0.3, -0.25) is 0 Å². The Morgan fingerprint density at radius 1 is 1.05 bits per heavy atom. The highest BCUT2D eigenvalue weighted by atomic mass is 32.1. The molecule has 0 amide bonds. The van der Waals surface area contributed by atoms with E-state index in [4.69, 9.17) is 4.74 Å². The molecule has 0 aliphatic heterocycles. The number of hydrogen-bond acceptors (Lipinski definition) is 3. The number of nitrogens with one attached hydrogen (secondary N) is 1. The Bertz CT molecular complexity index is 702. The first kappa shape index (κ1) is 13.2. The molecular formula is C17H17NOS. The van der Waals surface area contributed by atoms with Gasteiger partial charge in [-0.05, 0) is 47.1 Å². The Balaban J connectivity index is 2.04. The first-order chi connectivity index (χ1) is 9.83. The molecule has 2 aromatic carbocycles. The second kappa shape index (κ2) is 5.65. The molecule has 1 heterocycles. The van der Waals surface area contributed by atoms with Gasteiger partial charge in [0.25, 0.3) is 0 Å². The molecule has 20 heavy (non-hydrogen) atoms. The predicted octanol–water partition coefficient (Wildman–Crippen LogP) is 4.22. The van der Waals surface area contributed by atoms with Crippen LogP contribution in [0.15, 0.2) is 53.9 Å². The summed E-state index contributed by atoms with van der Waals surface area (Å²) < 4.78 is 6.56. The van der Waals surface area contributed by atoms with Crippen LogP contribution < -0.4 is 10.1 Å². The molecule has 0 fully saturated rings. The number of hydrogen-bond donors (Lipinski definition) is 1. The minimum Gasteiger partial charge on any atom is -0.497 e. The van der Waals surface area contributed by atoms with Crippen molar-refractivity contribution in [3.05, 3.63) is 65.0 Å². The summed E-state index contributed by atoms with van der Waals surface area (Å²) in [5.41, 5.74) is 2.58. The summed E-state index contributed by atoms with van der Waals surface area (Å²) in [6, 6.07) is 17.0. The molecule has 3 aromatic rings. The summed E-state index contributed by atoms with van der Waals surface area (Å²) in [4.78, 5) is 0. The first-order valence-corrected chi connectivity index (χ1v) is 7.49. The largest absolute Gasteiger partial charge is 0.497 e. The van der Waals surface area contributed by atoms with Gasteiger partial charge in [0.15, 0.2) is 0 Å². The molecule has 0 saturated carbocycles. The first-order valence-electron chi connectivity index (χ1n) is 6.61. The van der Waals surface area contributed by atoms with Crippen LogP contribution in [-0.4, -0.2) is 14.2 Å². The van der Waals surface area contributed by atoms with Crippen molar-refractivity contribution in [1.82, 2.24) is 5.32 Å². The van der Waals surface area contributed by atoms with E-state index in [9.17, 15) is 0 Å². The monoisotopic (exact) mass is 283 g/mol. The van der Waals surface area contributed by atoms with Crippen molar-refractivity contribution in [2.24, 2.45) is 0 Å². The second-order valence-corrected chi connectivity index (χ2v) is 5.59.